The highest BCUT2D eigenvalue weighted by molar-refractivity contribution is 5.95. The van der Waals surface area contributed by atoms with Gasteiger partial charge in [0, 0.05) is 38.4 Å². The van der Waals surface area contributed by atoms with Crippen LogP contribution in [0.25, 0.3) is 0 Å². The summed E-state index contributed by atoms with van der Waals surface area (Å²) in [6, 6.07) is 16.2. The average molecular weight is 396 g/mol. The van der Waals surface area contributed by atoms with E-state index in [-0.39, 0.29) is 31.1 Å². The van der Waals surface area contributed by atoms with Crippen LogP contribution in [-0.4, -0.2) is 57.2 Å². The van der Waals surface area contributed by atoms with Crippen LogP contribution in [0.2, 0.25) is 0 Å². The van der Waals surface area contributed by atoms with Crippen LogP contribution < -0.4 is 14.5 Å². The lowest BCUT2D eigenvalue weighted by atomic mass is 10.2. The smallest absolute Gasteiger partial charge is 0.241 e. The first-order valence-electron chi connectivity index (χ1n) is 9.65. The predicted molar refractivity (Wildman–Crippen MR) is 111 cm³/mol. The first-order chi connectivity index (χ1) is 14.1. The number of benzene rings is 2. The molecule has 0 atom stereocenters. The number of halogens is 1. The topological polar surface area (TPSA) is 59.8 Å². The molecule has 1 amide bonds. The Bertz CT molecular complexity index is 858. The first kappa shape index (κ1) is 20.6. The standard InChI is InChI=1S/C22H25FN4O2/c1-29-19-9-7-18(8-10-19)26-15-13-25(14-16-26)17-22(28)27(12-4-11-24)21-6-3-2-5-20(21)23/h2-3,5-10H,4,12-17H2,1H3. The number of methoxy groups -OCH3 is 1. The average Bonchev–Trinajstić information content (AvgIpc) is 2.76. The van der Waals surface area contributed by atoms with Gasteiger partial charge in [0.05, 0.1) is 31.8 Å². The van der Waals surface area contributed by atoms with Gasteiger partial charge in [-0.1, -0.05) is 12.1 Å². The summed E-state index contributed by atoms with van der Waals surface area (Å²) in [5.41, 5.74) is 1.35. The van der Waals surface area contributed by atoms with Crippen LogP contribution in [0.4, 0.5) is 15.8 Å². The number of hydrogen-bond acceptors (Lipinski definition) is 5. The van der Waals surface area contributed by atoms with Crippen molar-refractivity contribution in [1.29, 1.82) is 5.26 Å². The lowest BCUT2D eigenvalue weighted by Crippen LogP contribution is -2.50. The Balaban J connectivity index is 1.59. The molecule has 152 valence electrons. The van der Waals surface area contributed by atoms with Crippen molar-refractivity contribution in [3.63, 3.8) is 0 Å². The number of rotatable bonds is 7. The minimum absolute atomic E-state index is 0.158. The van der Waals surface area contributed by atoms with Gasteiger partial charge in [-0.3, -0.25) is 9.69 Å². The molecule has 6 nitrogen and oxygen atoms in total. The molecule has 1 aliphatic rings. The molecule has 0 spiro atoms. The van der Waals surface area contributed by atoms with Crippen molar-refractivity contribution in [2.24, 2.45) is 0 Å². The highest BCUT2D eigenvalue weighted by Crippen LogP contribution is 2.22. The molecule has 0 radical (unpaired) electrons. The summed E-state index contributed by atoms with van der Waals surface area (Å²) in [6.45, 7) is 3.47. The van der Waals surface area contributed by atoms with Gasteiger partial charge in [-0.05, 0) is 36.4 Å². The van der Waals surface area contributed by atoms with Crippen molar-refractivity contribution in [1.82, 2.24) is 4.90 Å². The van der Waals surface area contributed by atoms with Gasteiger partial charge in [0.15, 0.2) is 0 Å². The summed E-state index contributed by atoms with van der Waals surface area (Å²) in [5.74, 6) is 0.176. The molecule has 0 unspecified atom stereocenters. The number of carbonyl (C=O) groups excluding carboxylic acids is 1. The minimum Gasteiger partial charge on any atom is -0.497 e. The van der Waals surface area contributed by atoms with Crippen molar-refractivity contribution in [2.75, 3.05) is 56.2 Å². The van der Waals surface area contributed by atoms with Crippen LogP contribution in [0.5, 0.6) is 5.75 Å². The Labute approximate surface area is 170 Å². The van der Waals surface area contributed by atoms with E-state index in [1.807, 2.05) is 30.3 Å². The van der Waals surface area contributed by atoms with Crippen molar-refractivity contribution in [3.8, 4) is 11.8 Å². The second kappa shape index (κ2) is 9.89. The van der Waals surface area contributed by atoms with E-state index in [4.69, 9.17) is 10.00 Å². The Hall–Kier alpha value is -3.11. The highest BCUT2D eigenvalue weighted by atomic mass is 19.1. The number of ether oxygens (including phenoxy) is 1. The molecule has 1 fully saturated rings. The van der Waals surface area contributed by atoms with Crippen molar-refractivity contribution in [3.05, 3.63) is 54.3 Å². The molecule has 2 aromatic rings. The van der Waals surface area contributed by atoms with E-state index in [0.717, 1.165) is 37.6 Å². The molecule has 0 N–H and O–H groups in total. The van der Waals surface area contributed by atoms with Gasteiger partial charge in [-0.25, -0.2) is 4.39 Å². The van der Waals surface area contributed by atoms with Crippen LogP contribution in [0, 0.1) is 17.1 Å². The summed E-state index contributed by atoms with van der Waals surface area (Å²) in [5, 5.41) is 8.90. The maximum atomic E-state index is 14.2. The first-order valence-corrected chi connectivity index (χ1v) is 9.65. The monoisotopic (exact) mass is 396 g/mol. The molecule has 0 aliphatic carbocycles. The summed E-state index contributed by atoms with van der Waals surface area (Å²) < 4.78 is 19.4. The summed E-state index contributed by atoms with van der Waals surface area (Å²) in [4.78, 5) is 18.6. The quantitative estimate of drug-likeness (QED) is 0.720. The lowest BCUT2D eigenvalue weighted by molar-refractivity contribution is -0.119. The van der Waals surface area contributed by atoms with Crippen LogP contribution in [0.1, 0.15) is 6.42 Å². The van der Waals surface area contributed by atoms with Gasteiger partial charge in [0.25, 0.3) is 0 Å². The van der Waals surface area contributed by atoms with Crippen LogP contribution in [0.15, 0.2) is 48.5 Å². The summed E-state index contributed by atoms with van der Waals surface area (Å²) >= 11 is 0. The molecule has 0 aromatic heterocycles. The predicted octanol–water partition coefficient (Wildman–Crippen LogP) is 2.90. The molecule has 7 heteroatoms. The van der Waals surface area contributed by atoms with Crippen LogP contribution in [-0.2, 0) is 4.79 Å². The normalized spacial score (nSPS) is 14.3. The zero-order valence-electron chi connectivity index (χ0n) is 16.6. The number of nitriles is 1. The Morgan fingerprint density at radius 2 is 1.83 bits per heavy atom. The number of nitrogens with zero attached hydrogens (tertiary/aromatic N) is 4. The Kier molecular flexibility index (Phi) is 7.04. The number of para-hydroxylation sites is 1. The van der Waals surface area contributed by atoms with E-state index in [1.54, 1.807) is 25.3 Å². The molecule has 1 heterocycles. The maximum absolute atomic E-state index is 14.2. The van der Waals surface area contributed by atoms with E-state index in [2.05, 4.69) is 9.80 Å². The highest BCUT2D eigenvalue weighted by Gasteiger charge is 2.24. The maximum Gasteiger partial charge on any atom is 0.241 e. The third-order valence-electron chi connectivity index (χ3n) is 5.06. The number of anilines is 2. The van der Waals surface area contributed by atoms with Gasteiger partial charge in [0.1, 0.15) is 11.6 Å². The molecule has 2 aromatic carbocycles. The lowest BCUT2D eigenvalue weighted by Gasteiger charge is -2.36. The van der Waals surface area contributed by atoms with Crippen LogP contribution in [0.3, 0.4) is 0 Å². The van der Waals surface area contributed by atoms with E-state index < -0.39 is 5.82 Å². The van der Waals surface area contributed by atoms with Crippen molar-refractivity contribution >= 4 is 17.3 Å². The molecule has 29 heavy (non-hydrogen) atoms. The third kappa shape index (κ3) is 5.24. The fraction of sp³-hybridized carbons (Fsp3) is 0.364. The zero-order chi connectivity index (χ0) is 20.6. The number of piperazine rings is 1. The van der Waals surface area contributed by atoms with Gasteiger partial charge in [-0.15, -0.1) is 0 Å². The van der Waals surface area contributed by atoms with E-state index in [1.165, 1.54) is 11.0 Å². The number of carbonyl (C=O) groups is 1. The second-order valence-electron chi connectivity index (χ2n) is 6.87. The zero-order valence-corrected chi connectivity index (χ0v) is 16.6. The van der Waals surface area contributed by atoms with E-state index in [9.17, 15) is 9.18 Å². The number of amides is 1. The minimum atomic E-state index is -0.455. The Morgan fingerprint density at radius 1 is 1.14 bits per heavy atom. The molecule has 0 bridgehead atoms. The molecular weight excluding hydrogens is 371 g/mol. The third-order valence-corrected chi connectivity index (χ3v) is 5.06. The SMILES string of the molecule is COc1ccc(N2CCN(CC(=O)N(CCC#N)c3ccccc3F)CC2)cc1. The second-order valence-corrected chi connectivity index (χ2v) is 6.87. The van der Waals surface area contributed by atoms with Gasteiger partial charge in [-0.2, -0.15) is 5.26 Å². The number of hydrogen-bond donors (Lipinski definition) is 0. The molecule has 3 rings (SSSR count). The molecule has 1 aliphatic heterocycles. The summed E-state index contributed by atoms with van der Waals surface area (Å²) in [6.07, 6.45) is 0.158. The van der Waals surface area contributed by atoms with Gasteiger partial charge < -0.3 is 14.5 Å². The van der Waals surface area contributed by atoms with Gasteiger partial charge in [0.2, 0.25) is 5.91 Å². The van der Waals surface area contributed by atoms with Crippen molar-refractivity contribution in [2.45, 2.75) is 6.42 Å². The fourth-order valence-corrected chi connectivity index (χ4v) is 3.45. The van der Waals surface area contributed by atoms with E-state index >= 15 is 0 Å². The van der Waals surface area contributed by atoms with Crippen molar-refractivity contribution < 1.29 is 13.9 Å². The van der Waals surface area contributed by atoms with E-state index in [0.29, 0.717) is 0 Å². The molecular formula is C22H25FN4O2. The largest absolute Gasteiger partial charge is 0.497 e. The molecule has 1 saturated heterocycles. The van der Waals surface area contributed by atoms with Gasteiger partial charge >= 0.3 is 0 Å². The summed E-state index contributed by atoms with van der Waals surface area (Å²) in [7, 11) is 1.64. The Morgan fingerprint density at radius 3 is 2.45 bits per heavy atom. The fourth-order valence-electron chi connectivity index (χ4n) is 3.45. The molecule has 0 saturated carbocycles. The van der Waals surface area contributed by atoms with Crippen LogP contribution >= 0.6 is 0 Å².